The number of carbonyl (C=O) groups excluding carboxylic acids is 2. The molecule has 6 heteroatoms. The molecule has 0 radical (unpaired) electrons. The van der Waals surface area contributed by atoms with Crippen LogP contribution in [0.1, 0.15) is 230 Å². The minimum Gasteiger partial charge on any atom is -0.341 e. The molecule has 0 aromatic heterocycles. The average Bonchev–Trinajstić information content (AvgIpc) is 3.32. The van der Waals surface area contributed by atoms with Gasteiger partial charge in [-0.3, -0.25) is 9.59 Å². The minimum atomic E-state index is -0.735. The number of unbranched alkanes of at least 4 members (excludes halogenated alkanes) is 30. The topological polar surface area (TPSA) is 40.6 Å². The maximum Gasteiger partial charge on any atom is 0.161 e. The number of Topliss-reactive ketones (excluding diaryl/α,β-unsaturated/α-hetero) is 2. The van der Waals surface area contributed by atoms with Crippen molar-refractivity contribution in [1.82, 2.24) is 0 Å². The third kappa shape index (κ3) is 18.4. The standard InChI is InChI=1S/C60H88Cl2N2O2/c1-3-5-7-9-11-13-15-17-19-21-23-25-27-29-31-33-43-63-53(39-35-49-45-51(61)37-41-57(49)63)47-55-59(65)56(60(55)66)48-54-40-36-50-46-52(62)38-42-58(50)64(54)44-34-32-30-28-26-24-22-20-18-16-14-12-10-8-6-4-2/h35-42,45-48,55-56H,3-34,43-44H2,1-2H3/b53-47+,54-48+. The molecule has 364 valence electrons. The maximum atomic E-state index is 13.9. The van der Waals surface area contributed by atoms with Gasteiger partial charge in [0.15, 0.2) is 11.6 Å². The van der Waals surface area contributed by atoms with Crippen molar-refractivity contribution in [2.45, 2.75) is 219 Å². The first-order valence-corrected chi connectivity index (χ1v) is 28.2. The molecule has 66 heavy (non-hydrogen) atoms. The Morgan fingerprint density at radius 3 is 0.955 bits per heavy atom. The normalized spacial score (nSPS) is 17.9. The van der Waals surface area contributed by atoms with E-state index in [0.717, 1.165) is 59.8 Å². The van der Waals surface area contributed by atoms with Crippen LogP contribution >= 0.6 is 23.2 Å². The number of ketones is 2. The van der Waals surface area contributed by atoms with E-state index in [1.54, 1.807) is 0 Å². The molecule has 0 N–H and O–H groups in total. The summed E-state index contributed by atoms with van der Waals surface area (Å²) in [6.45, 7) is 6.26. The van der Waals surface area contributed by atoms with E-state index in [1.165, 1.54) is 193 Å². The lowest BCUT2D eigenvalue weighted by Gasteiger charge is -2.35. The summed E-state index contributed by atoms with van der Waals surface area (Å²) in [4.78, 5) is 32.4. The monoisotopic (exact) mass is 939 g/mol. The molecule has 2 aromatic carbocycles. The molecular formula is C60H88Cl2N2O2. The molecule has 0 saturated heterocycles. The zero-order chi connectivity index (χ0) is 46.6. The number of carbonyl (C=O) groups is 2. The highest BCUT2D eigenvalue weighted by Crippen LogP contribution is 2.39. The number of nitrogens with zero attached hydrogens (tertiary/aromatic N) is 2. The SMILES string of the molecule is CCCCCCCCCCCCCCCCCCN1/C(=C/C2C(=O)C(/C=C3\C=Cc4cc(Cl)ccc4N3CCCCCCCCCCCCCCCCCC)C2=O)C=Cc2cc(Cl)ccc21. The Kier molecular flexibility index (Phi) is 26.0. The first-order chi connectivity index (χ1) is 32.4. The molecule has 0 spiro atoms. The van der Waals surface area contributed by atoms with Gasteiger partial charge in [0.1, 0.15) is 0 Å². The Hall–Kier alpha value is -3.08. The van der Waals surface area contributed by atoms with Crippen molar-refractivity contribution in [3.8, 4) is 0 Å². The lowest BCUT2D eigenvalue weighted by Crippen LogP contribution is -2.47. The molecule has 2 aliphatic heterocycles. The van der Waals surface area contributed by atoms with Gasteiger partial charge >= 0.3 is 0 Å². The van der Waals surface area contributed by atoms with Gasteiger partial charge < -0.3 is 9.80 Å². The fourth-order valence-electron chi connectivity index (χ4n) is 10.3. The zero-order valence-electron chi connectivity index (χ0n) is 41.6. The molecule has 4 nitrogen and oxygen atoms in total. The van der Waals surface area contributed by atoms with Gasteiger partial charge in [-0.15, -0.1) is 0 Å². The highest BCUT2D eigenvalue weighted by atomic mass is 35.5. The average molecular weight is 940 g/mol. The van der Waals surface area contributed by atoms with Crippen LogP contribution in [0.2, 0.25) is 10.0 Å². The molecule has 2 aromatic rings. The number of halogens is 2. The van der Waals surface area contributed by atoms with Crippen LogP contribution in [0.3, 0.4) is 0 Å². The Bertz CT molecular complexity index is 1710. The number of fused-ring (bicyclic) bond motifs is 2. The van der Waals surface area contributed by atoms with Crippen LogP contribution in [0.5, 0.6) is 0 Å². The molecule has 0 unspecified atom stereocenters. The molecule has 1 aliphatic carbocycles. The highest BCUT2D eigenvalue weighted by Gasteiger charge is 2.47. The van der Waals surface area contributed by atoms with Gasteiger partial charge in [-0.2, -0.15) is 0 Å². The Balaban J connectivity index is 1.06. The van der Waals surface area contributed by atoms with Crippen molar-refractivity contribution in [2.75, 3.05) is 22.9 Å². The van der Waals surface area contributed by atoms with Crippen molar-refractivity contribution in [1.29, 1.82) is 0 Å². The third-order valence-corrected chi connectivity index (χ3v) is 14.9. The molecule has 1 saturated carbocycles. The molecule has 2 heterocycles. The van der Waals surface area contributed by atoms with Gasteiger partial charge in [0, 0.05) is 45.9 Å². The number of allylic oxidation sites excluding steroid dienone is 4. The summed E-state index contributed by atoms with van der Waals surface area (Å²) in [5.74, 6) is -1.51. The van der Waals surface area contributed by atoms with E-state index in [-0.39, 0.29) is 11.6 Å². The molecule has 0 atom stereocenters. The fourth-order valence-corrected chi connectivity index (χ4v) is 10.6. The Morgan fingerprint density at radius 1 is 0.394 bits per heavy atom. The van der Waals surface area contributed by atoms with Crippen molar-refractivity contribution in [3.05, 3.63) is 93.3 Å². The van der Waals surface area contributed by atoms with E-state index in [4.69, 9.17) is 23.2 Å². The summed E-state index contributed by atoms with van der Waals surface area (Å²) >= 11 is 12.8. The lowest BCUT2D eigenvalue weighted by molar-refractivity contribution is -0.146. The number of anilines is 2. The van der Waals surface area contributed by atoms with Crippen LogP contribution < -0.4 is 9.80 Å². The van der Waals surface area contributed by atoms with E-state index in [1.807, 2.05) is 36.4 Å². The van der Waals surface area contributed by atoms with Crippen LogP contribution in [-0.2, 0) is 9.59 Å². The van der Waals surface area contributed by atoms with Gasteiger partial charge in [0.05, 0.1) is 11.8 Å². The second-order valence-corrected chi connectivity index (χ2v) is 20.8. The van der Waals surface area contributed by atoms with E-state index < -0.39 is 11.8 Å². The molecule has 3 aliphatic rings. The second kappa shape index (κ2) is 31.9. The Morgan fingerprint density at radius 2 is 0.667 bits per heavy atom. The largest absolute Gasteiger partial charge is 0.341 e. The maximum absolute atomic E-state index is 13.9. The van der Waals surface area contributed by atoms with Crippen LogP contribution in [0, 0.1) is 11.8 Å². The van der Waals surface area contributed by atoms with Gasteiger partial charge in [-0.05, 0) is 84.7 Å². The summed E-state index contributed by atoms with van der Waals surface area (Å²) in [5, 5.41) is 1.42. The van der Waals surface area contributed by atoms with Gasteiger partial charge in [-0.1, -0.05) is 242 Å². The third-order valence-electron chi connectivity index (χ3n) is 14.4. The quantitative estimate of drug-likeness (QED) is 0.0504. The fraction of sp³-hybridized carbons (Fsp3) is 0.633. The van der Waals surface area contributed by atoms with Crippen molar-refractivity contribution >= 4 is 58.3 Å². The Labute approximate surface area is 413 Å². The first kappa shape index (κ1) is 53.9. The van der Waals surface area contributed by atoms with Crippen LogP contribution in [-0.4, -0.2) is 24.7 Å². The summed E-state index contributed by atoms with van der Waals surface area (Å²) in [5.41, 5.74) is 6.17. The zero-order valence-corrected chi connectivity index (χ0v) is 43.1. The molecule has 5 rings (SSSR count). The number of benzene rings is 2. The van der Waals surface area contributed by atoms with Crippen LogP contribution in [0.15, 0.2) is 72.1 Å². The number of hydrogen-bond donors (Lipinski definition) is 0. The second-order valence-electron chi connectivity index (χ2n) is 19.9. The molecule has 1 fully saturated rings. The van der Waals surface area contributed by atoms with Crippen LogP contribution in [0.25, 0.3) is 12.2 Å². The minimum absolute atomic E-state index is 0.0182. The van der Waals surface area contributed by atoms with Crippen molar-refractivity contribution in [3.63, 3.8) is 0 Å². The van der Waals surface area contributed by atoms with E-state index in [9.17, 15) is 9.59 Å². The number of rotatable bonds is 36. The lowest BCUT2D eigenvalue weighted by atomic mass is 9.71. The smallest absolute Gasteiger partial charge is 0.161 e. The summed E-state index contributed by atoms with van der Waals surface area (Å²) in [6.07, 6.45) is 54.9. The molecule has 0 amide bonds. The van der Waals surface area contributed by atoms with E-state index in [2.05, 4.69) is 60.1 Å². The predicted octanol–water partition coefficient (Wildman–Crippen LogP) is 19.0. The van der Waals surface area contributed by atoms with Gasteiger partial charge in [0.2, 0.25) is 0 Å². The predicted molar refractivity (Wildman–Crippen MR) is 288 cm³/mol. The highest BCUT2D eigenvalue weighted by molar-refractivity contribution is 6.31. The van der Waals surface area contributed by atoms with E-state index in [0.29, 0.717) is 10.0 Å². The van der Waals surface area contributed by atoms with Crippen molar-refractivity contribution < 1.29 is 9.59 Å². The van der Waals surface area contributed by atoms with E-state index >= 15 is 0 Å². The summed E-state index contributed by atoms with van der Waals surface area (Å²) in [6, 6.07) is 12.0. The number of hydrogen-bond acceptors (Lipinski definition) is 4. The molecular weight excluding hydrogens is 852 g/mol. The van der Waals surface area contributed by atoms with Gasteiger partial charge in [-0.25, -0.2) is 0 Å². The summed E-state index contributed by atoms with van der Waals surface area (Å²) < 4.78 is 0. The molecule has 0 bridgehead atoms. The first-order valence-electron chi connectivity index (χ1n) is 27.4. The van der Waals surface area contributed by atoms with Crippen LogP contribution in [0.4, 0.5) is 11.4 Å². The van der Waals surface area contributed by atoms with Gasteiger partial charge in [0.25, 0.3) is 0 Å². The summed E-state index contributed by atoms with van der Waals surface area (Å²) in [7, 11) is 0. The van der Waals surface area contributed by atoms with Crippen molar-refractivity contribution in [2.24, 2.45) is 11.8 Å².